The molecule has 0 fully saturated rings. The lowest BCUT2D eigenvalue weighted by molar-refractivity contribution is 0.288. The molecule has 4 rings (SSSR count). The minimum Gasteiger partial charge on any atom is -0.486 e. The Labute approximate surface area is 186 Å². The van der Waals surface area contributed by atoms with Crippen LogP contribution in [0.5, 0.6) is 5.75 Å². The Morgan fingerprint density at radius 2 is 1.86 bits per heavy atom. The maximum atomic E-state index is 5.85. The van der Waals surface area contributed by atoms with E-state index in [1.54, 1.807) is 23.1 Å². The summed E-state index contributed by atoms with van der Waals surface area (Å²) in [5.74, 6) is 2.39. The van der Waals surface area contributed by atoms with Crippen LogP contribution >= 0.6 is 39.0 Å². The maximum Gasteiger partial charge on any atom is 0.191 e. The van der Waals surface area contributed by atoms with E-state index in [2.05, 4.69) is 55.1 Å². The molecule has 0 radical (unpaired) electrons. The van der Waals surface area contributed by atoms with Gasteiger partial charge in [-0.1, -0.05) is 58.0 Å². The molecule has 5 nitrogen and oxygen atoms in total. The average Bonchev–Trinajstić information content (AvgIpc) is 3.39. The van der Waals surface area contributed by atoms with E-state index in [0.717, 1.165) is 49.8 Å². The molecule has 0 saturated carbocycles. The first kappa shape index (κ1) is 20.1. The summed E-state index contributed by atoms with van der Waals surface area (Å²) in [7, 11) is 0. The summed E-state index contributed by atoms with van der Waals surface area (Å²) >= 11 is 6.75. The van der Waals surface area contributed by atoms with Gasteiger partial charge in [0, 0.05) is 27.7 Å². The number of hydrogen-bond acceptors (Lipinski definition) is 6. The van der Waals surface area contributed by atoms with Gasteiger partial charge in [-0.05, 0) is 31.2 Å². The molecule has 0 spiro atoms. The molecule has 0 bridgehead atoms. The minimum absolute atomic E-state index is 0.387. The lowest BCUT2D eigenvalue weighted by Crippen LogP contribution is -2.07. The summed E-state index contributed by atoms with van der Waals surface area (Å²) in [6.07, 6.45) is 0. The Morgan fingerprint density at radius 3 is 2.62 bits per heavy atom. The van der Waals surface area contributed by atoms with Crippen molar-refractivity contribution >= 4 is 39.0 Å². The van der Waals surface area contributed by atoms with Gasteiger partial charge in [0.2, 0.25) is 0 Å². The lowest BCUT2D eigenvalue weighted by atomic mass is 10.2. The predicted octanol–water partition coefficient (Wildman–Crippen LogP) is 6.06. The smallest absolute Gasteiger partial charge is 0.191 e. The van der Waals surface area contributed by atoms with E-state index in [-0.39, 0.29) is 0 Å². The van der Waals surface area contributed by atoms with E-state index < -0.39 is 0 Å². The normalized spacial score (nSPS) is 11.0. The van der Waals surface area contributed by atoms with Crippen molar-refractivity contribution in [2.24, 2.45) is 0 Å². The third-order valence-electron chi connectivity index (χ3n) is 4.21. The van der Waals surface area contributed by atoms with E-state index >= 15 is 0 Å². The first-order valence-corrected chi connectivity index (χ1v) is 11.8. The first-order valence-electron chi connectivity index (χ1n) is 9.16. The molecule has 29 heavy (non-hydrogen) atoms. The second kappa shape index (κ2) is 9.56. The molecule has 148 valence electrons. The van der Waals surface area contributed by atoms with Crippen molar-refractivity contribution in [3.05, 3.63) is 76.0 Å². The fraction of sp³-hybridized carbons (Fsp3) is 0.190. The van der Waals surface area contributed by atoms with Crippen molar-refractivity contribution in [2.75, 3.05) is 0 Å². The molecular weight excluding hydrogens is 468 g/mol. The van der Waals surface area contributed by atoms with E-state index in [1.807, 2.05) is 42.5 Å². The highest BCUT2D eigenvalue weighted by atomic mass is 79.9. The van der Waals surface area contributed by atoms with Crippen molar-refractivity contribution < 1.29 is 4.74 Å². The van der Waals surface area contributed by atoms with Gasteiger partial charge >= 0.3 is 0 Å². The van der Waals surface area contributed by atoms with Crippen molar-refractivity contribution in [1.29, 1.82) is 0 Å². The fourth-order valence-electron chi connectivity index (χ4n) is 2.75. The number of benzene rings is 2. The zero-order chi connectivity index (χ0) is 20.1. The van der Waals surface area contributed by atoms with Gasteiger partial charge in [-0.25, -0.2) is 4.98 Å². The van der Waals surface area contributed by atoms with Crippen LogP contribution in [0.1, 0.15) is 18.4 Å². The molecule has 2 heterocycles. The fourth-order valence-corrected chi connectivity index (χ4v) is 4.86. The topological polar surface area (TPSA) is 52.8 Å². The van der Waals surface area contributed by atoms with Gasteiger partial charge < -0.3 is 9.30 Å². The maximum absolute atomic E-state index is 5.85. The van der Waals surface area contributed by atoms with Gasteiger partial charge in [0.1, 0.15) is 17.4 Å². The Morgan fingerprint density at radius 1 is 1.07 bits per heavy atom. The zero-order valence-corrected chi connectivity index (χ0v) is 19.0. The number of hydrogen-bond donors (Lipinski definition) is 0. The molecule has 8 heteroatoms. The molecule has 2 aromatic carbocycles. The summed E-state index contributed by atoms with van der Waals surface area (Å²) < 4.78 is 8.97. The number of thioether (sulfide) groups is 1. The van der Waals surface area contributed by atoms with Crippen molar-refractivity contribution in [3.8, 4) is 16.3 Å². The Kier molecular flexibility index (Phi) is 6.63. The van der Waals surface area contributed by atoms with Gasteiger partial charge in [-0.2, -0.15) is 0 Å². The molecule has 0 atom stereocenters. The number of aromatic nitrogens is 4. The van der Waals surface area contributed by atoms with Crippen LogP contribution in [0.2, 0.25) is 0 Å². The number of rotatable bonds is 8. The lowest BCUT2D eigenvalue weighted by Gasteiger charge is -2.08. The molecule has 0 N–H and O–H groups in total. The molecule has 0 amide bonds. The Bertz CT molecular complexity index is 1060. The van der Waals surface area contributed by atoms with Crippen LogP contribution in [-0.4, -0.2) is 19.7 Å². The molecular formula is C21H19BrN4OS2. The summed E-state index contributed by atoms with van der Waals surface area (Å²) in [6.45, 7) is 3.27. The standard InChI is InChI=1S/C21H19BrN4OS2/c1-2-26-19(12-27-18-10-8-16(22)9-11-18)24-25-21(26)29-14-17-13-28-20(23-17)15-6-4-3-5-7-15/h3-11,13H,2,12,14H2,1H3. The number of ether oxygens (including phenoxy) is 1. The highest BCUT2D eigenvalue weighted by molar-refractivity contribution is 9.10. The second-order valence-electron chi connectivity index (χ2n) is 6.18. The zero-order valence-electron chi connectivity index (χ0n) is 15.8. The van der Waals surface area contributed by atoms with E-state index in [9.17, 15) is 0 Å². The van der Waals surface area contributed by atoms with Crippen LogP contribution in [0.25, 0.3) is 10.6 Å². The highest BCUT2D eigenvalue weighted by Crippen LogP contribution is 2.28. The molecule has 0 unspecified atom stereocenters. The van der Waals surface area contributed by atoms with Crippen molar-refractivity contribution in [3.63, 3.8) is 0 Å². The molecule has 2 aromatic heterocycles. The molecule has 4 aromatic rings. The van der Waals surface area contributed by atoms with Crippen LogP contribution in [0, 0.1) is 0 Å². The number of thiazole rings is 1. The minimum atomic E-state index is 0.387. The Balaban J connectivity index is 1.39. The van der Waals surface area contributed by atoms with Crippen LogP contribution in [-0.2, 0) is 18.9 Å². The van der Waals surface area contributed by atoms with Gasteiger partial charge in [0.25, 0.3) is 0 Å². The van der Waals surface area contributed by atoms with Gasteiger partial charge in [-0.15, -0.1) is 21.5 Å². The quantitative estimate of drug-likeness (QED) is 0.283. The molecule has 0 aliphatic heterocycles. The van der Waals surface area contributed by atoms with Crippen molar-refractivity contribution in [1.82, 2.24) is 19.7 Å². The van der Waals surface area contributed by atoms with Crippen LogP contribution in [0.4, 0.5) is 0 Å². The summed E-state index contributed by atoms with van der Waals surface area (Å²) in [6, 6.07) is 18.0. The van der Waals surface area contributed by atoms with Crippen LogP contribution in [0.15, 0.2) is 69.6 Å². The molecule has 0 saturated heterocycles. The summed E-state index contributed by atoms with van der Waals surface area (Å²) in [5, 5.41) is 12.7. The predicted molar refractivity (Wildman–Crippen MR) is 121 cm³/mol. The average molecular weight is 487 g/mol. The van der Waals surface area contributed by atoms with Crippen LogP contribution in [0.3, 0.4) is 0 Å². The Hall–Kier alpha value is -2.16. The van der Waals surface area contributed by atoms with Gasteiger partial charge in [0.15, 0.2) is 11.0 Å². The SMILES string of the molecule is CCn1c(COc2ccc(Br)cc2)nnc1SCc1csc(-c2ccccc2)n1. The number of halogens is 1. The molecule has 0 aliphatic rings. The van der Waals surface area contributed by atoms with Crippen LogP contribution < -0.4 is 4.74 Å². The highest BCUT2D eigenvalue weighted by Gasteiger charge is 2.13. The van der Waals surface area contributed by atoms with Crippen molar-refractivity contribution in [2.45, 2.75) is 31.0 Å². The van der Waals surface area contributed by atoms with Gasteiger partial charge in [0.05, 0.1) is 5.69 Å². The summed E-state index contributed by atoms with van der Waals surface area (Å²) in [5.41, 5.74) is 2.20. The first-order chi connectivity index (χ1) is 14.2. The third kappa shape index (κ3) is 5.07. The van der Waals surface area contributed by atoms with E-state index in [0.29, 0.717) is 6.61 Å². The molecule has 0 aliphatic carbocycles. The van der Waals surface area contributed by atoms with E-state index in [4.69, 9.17) is 9.72 Å². The second-order valence-corrected chi connectivity index (χ2v) is 8.90. The van der Waals surface area contributed by atoms with Gasteiger partial charge in [-0.3, -0.25) is 0 Å². The monoisotopic (exact) mass is 486 g/mol. The summed E-state index contributed by atoms with van der Waals surface area (Å²) in [4.78, 5) is 4.75. The third-order valence-corrected chi connectivity index (χ3v) is 6.68. The number of nitrogens with zero attached hydrogens (tertiary/aromatic N) is 4. The largest absolute Gasteiger partial charge is 0.486 e. The van der Waals surface area contributed by atoms with E-state index in [1.165, 1.54) is 0 Å².